The monoisotopic (exact) mass is 322 g/mol. The van der Waals surface area contributed by atoms with Crippen molar-refractivity contribution in [2.45, 2.75) is 31.9 Å². The number of aromatic nitrogens is 1. The topological polar surface area (TPSA) is 25.4 Å². The van der Waals surface area contributed by atoms with Gasteiger partial charge in [-0.2, -0.15) is 0 Å². The van der Waals surface area contributed by atoms with E-state index in [4.69, 9.17) is 4.74 Å². The molecule has 4 heteroatoms. The van der Waals surface area contributed by atoms with Gasteiger partial charge in [0, 0.05) is 23.3 Å². The van der Waals surface area contributed by atoms with E-state index in [1.54, 1.807) is 7.11 Å². The molecule has 1 aromatic rings. The predicted octanol–water partition coefficient (Wildman–Crippen LogP) is 3.00. The molecule has 0 radical (unpaired) electrons. The first-order valence-electron chi connectivity index (χ1n) is 6.52. The van der Waals surface area contributed by atoms with Crippen LogP contribution in [0, 0.1) is 11.8 Å². The lowest BCUT2D eigenvalue weighted by molar-refractivity contribution is 0.115. The van der Waals surface area contributed by atoms with Crippen LogP contribution in [-0.4, -0.2) is 36.6 Å². The van der Waals surface area contributed by atoms with E-state index in [2.05, 4.69) is 44.7 Å². The van der Waals surface area contributed by atoms with Crippen molar-refractivity contribution < 1.29 is 4.74 Å². The van der Waals surface area contributed by atoms with Gasteiger partial charge in [-0.25, -0.2) is 0 Å². The predicted molar refractivity (Wildman–Crippen MR) is 79.9 cm³/mol. The standard InChI is InChI=1S/C15H19BrN2O/c1-11(19-3)15-14(16)9-12(10-17-15)6-7-13-5-4-8-18(13)2/h9-11,13H,4-5,8H2,1-3H3/t11-,13-/m0/s1. The lowest BCUT2D eigenvalue weighted by atomic mass is 10.2. The average molecular weight is 323 g/mol. The first-order valence-corrected chi connectivity index (χ1v) is 7.31. The summed E-state index contributed by atoms with van der Waals surface area (Å²) in [6, 6.07) is 2.40. The molecule has 0 amide bonds. The van der Waals surface area contributed by atoms with Crippen molar-refractivity contribution in [2.75, 3.05) is 20.7 Å². The number of hydrogen-bond donors (Lipinski definition) is 0. The quantitative estimate of drug-likeness (QED) is 0.783. The van der Waals surface area contributed by atoms with Gasteiger partial charge in [-0.15, -0.1) is 0 Å². The molecular formula is C15H19BrN2O. The minimum Gasteiger partial charge on any atom is -0.375 e. The molecule has 0 bridgehead atoms. The zero-order valence-electron chi connectivity index (χ0n) is 11.6. The second kappa shape index (κ2) is 6.51. The molecule has 0 aliphatic carbocycles. The minimum atomic E-state index is -0.0163. The van der Waals surface area contributed by atoms with Crippen LogP contribution in [-0.2, 0) is 4.74 Å². The van der Waals surface area contributed by atoms with Crippen molar-refractivity contribution in [1.29, 1.82) is 0 Å². The van der Waals surface area contributed by atoms with Crippen LogP contribution in [0.15, 0.2) is 16.7 Å². The van der Waals surface area contributed by atoms with Gasteiger partial charge in [0.15, 0.2) is 0 Å². The molecule has 1 aliphatic heterocycles. The number of nitrogens with zero attached hydrogens (tertiary/aromatic N) is 2. The number of likely N-dealkylation sites (tertiary alicyclic amines) is 1. The molecule has 102 valence electrons. The van der Waals surface area contributed by atoms with Crippen molar-refractivity contribution in [1.82, 2.24) is 9.88 Å². The van der Waals surface area contributed by atoms with Crippen LogP contribution in [0.5, 0.6) is 0 Å². The van der Waals surface area contributed by atoms with Gasteiger partial charge in [0.2, 0.25) is 0 Å². The maximum Gasteiger partial charge on any atom is 0.0974 e. The summed E-state index contributed by atoms with van der Waals surface area (Å²) in [6.45, 7) is 3.12. The fourth-order valence-corrected chi connectivity index (χ4v) is 2.86. The van der Waals surface area contributed by atoms with Gasteiger partial charge < -0.3 is 4.74 Å². The fraction of sp³-hybridized carbons (Fsp3) is 0.533. The molecule has 0 aromatic carbocycles. The zero-order chi connectivity index (χ0) is 13.8. The van der Waals surface area contributed by atoms with Gasteiger partial charge >= 0.3 is 0 Å². The lowest BCUT2D eigenvalue weighted by Gasteiger charge is -2.12. The number of methoxy groups -OCH3 is 1. The summed E-state index contributed by atoms with van der Waals surface area (Å²) in [5.41, 5.74) is 1.85. The molecule has 2 atom stereocenters. The van der Waals surface area contributed by atoms with E-state index in [1.165, 1.54) is 6.42 Å². The highest BCUT2D eigenvalue weighted by atomic mass is 79.9. The summed E-state index contributed by atoms with van der Waals surface area (Å²) in [6.07, 6.45) is 4.20. The molecule has 2 rings (SSSR count). The van der Waals surface area contributed by atoms with E-state index in [-0.39, 0.29) is 6.10 Å². The highest BCUT2D eigenvalue weighted by Crippen LogP contribution is 2.23. The van der Waals surface area contributed by atoms with Crippen LogP contribution < -0.4 is 0 Å². The van der Waals surface area contributed by atoms with Crippen molar-refractivity contribution >= 4 is 15.9 Å². The van der Waals surface area contributed by atoms with Gasteiger partial charge in [0.25, 0.3) is 0 Å². The van der Waals surface area contributed by atoms with Crippen LogP contribution in [0.4, 0.5) is 0 Å². The van der Waals surface area contributed by atoms with Crippen LogP contribution in [0.25, 0.3) is 0 Å². The Morgan fingerprint density at radius 1 is 1.58 bits per heavy atom. The van der Waals surface area contributed by atoms with Crippen molar-refractivity contribution in [3.63, 3.8) is 0 Å². The molecule has 1 saturated heterocycles. The molecule has 19 heavy (non-hydrogen) atoms. The summed E-state index contributed by atoms with van der Waals surface area (Å²) in [4.78, 5) is 6.73. The molecule has 1 aliphatic rings. The van der Waals surface area contributed by atoms with Gasteiger partial charge in [0.1, 0.15) is 0 Å². The third-order valence-electron chi connectivity index (χ3n) is 3.51. The summed E-state index contributed by atoms with van der Waals surface area (Å²) >= 11 is 3.53. The highest BCUT2D eigenvalue weighted by Gasteiger charge is 2.18. The number of halogens is 1. The van der Waals surface area contributed by atoms with Crippen LogP contribution >= 0.6 is 15.9 Å². The van der Waals surface area contributed by atoms with Crippen molar-refractivity contribution in [2.24, 2.45) is 0 Å². The maximum absolute atomic E-state index is 5.28. The van der Waals surface area contributed by atoms with Gasteiger partial charge in [0.05, 0.1) is 17.8 Å². The largest absolute Gasteiger partial charge is 0.375 e. The normalized spacial score (nSPS) is 20.9. The smallest absolute Gasteiger partial charge is 0.0974 e. The number of hydrogen-bond acceptors (Lipinski definition) is 3. The molecule has 0 spiro atoms. The van der Waals surface area contributed by atoms with Gasteiger partial charge in [-0.3, -0.25) is 9.88 Å². The Balaban J connectivity index is 2.14. The average Bonchev–Trinajstić information content (AvgIpc) is 2.81. The Morgan fingerprint density at radius 3 is 2.95 bits per heavy atom. The van der Waals surface area contributed by atoms with Crippen molar-refractivity contribution in [3.05, 3.63) is 28.0 Å². The Morgan fingerprint density at radius 2 is 2.37 bits per heavy atom. The van der Waals surface area contributed by atoms with Gasteiger partial charge in [-0.1, -0.05) is 11.8 Å². The highest BCUT2D eigenvalue weighted by molar-refractivity contribution is 9.10. The maximum atomic E-state index is 5.28. The molecule has 1 aromatic heterocycles. The number of ether oxygens (including phenoxy) is 1. The summed E-state index contributed by atoms with van der Waals surface area (Å²) in [7, 11) is 3.81. The van der Waals surface area contributed by atoms with Gasteiger partial charge in [-0.05, 0) is 55.4 Å². The van der Waals surface area contributed by atoms with E-state index >= 15 is 0 Å². The molecular weight excluding hydrogens is 304 g/mol. The van der Waals surface area contributed by atoms with E-state index in [1.807, 2.05) is 19.2 Å². The van der Waals surface area contributed by atoms with E-state index in [9.17, 15) is 0 Å². The number of pyridine rings is 1. The van der Waals surface area contributed by atoms with Crippen molar-refractivity contribution in [3.8, 4) is 11.8 Å². The molecule has 0 N–H and O–H groups in total. The van der Waals surface area contributed by atoms with Crippen LogP contribution in [0.1, 0.15) is 37.1 Å². The SMILES string of the molecule is CO[C@@H](C)c1ncc(C#C[C@@H]2CCCN2C)cc1Br. The Kier molecular flexibility index (Phi) is 4.98. The Labute approximate surface area is 123 Å². The lowest BCUT2D eigenvalue weighted by Crippen LogP contribution is -2.22. The zero-order valence-corrected chi connectivity index (χ0v) is 13.2. The third-order valence-corrected chi connectivity index (χ3v) is 4.15. The number of rotatable bonds is 2. The van der Waals surface area contributed by atoms with E-state index in [0.29, 0.717) is 6.04 Å². The summed E-state index contributed by atoms with van der Waals surface area (Å²) in [5.74, 6) is 6.54. The summed E-state index contributed by atoms with van der Waals surface area (Å²) < 4.78 is 6.23. The second-order valence-corrected chi connectivity index (χ2v) is 5.73. The molecule has 0 unspecified atom stereocenters. The Bertz CT molecular complexity index is 507. The molecule has 2 heterocycles. The minimum absolute atomic E-state index is 0.0163. The summed E-state index contributed by atoms with van der Waals surface area (Å²) in [5, 5.41) is 0. The van der Waals surface area contributed by atoms with Crippen LogP contribution in [0.3, 0.4) is 0 Å². The van der Waals surface area contributed by atoms with Crippen LogP contribution in [0.2, 0.25) is 0 Å². The third kappa shape index (κ3) is 3.56. The fourth-order valence-electron chi connectivity index (χ4n) is 2.19. The molecule has 3 nitrogen and oxygen atoms in total. The second-order valence-electron chi connectivity index (χ2n) is 4.88. The van der Waals surface area contributed by atoms with E-state index < -0.39 is 0 Å². The Hall–Kier alpha value is -0.890. The first-order chi connectivity index (χ1) is 9.11. The first kappa shape index (κ1) is 14.5. The molecule has 1 fully saturated rings. The molecule has 0 saturated carbocycles. The van der Waals surface area contributed by atoms with E-state index in [0.717, 1.165) is 28.7 Å².